The molecule has 2 aromatic rings. The maximum Gasteiger partial charge on any atom is 0.231 e. The standard InChI is InChI=1S/C21H29N3O4.HI/c1-21(2,16-7-8-18-19(12-16)28-15-27-18)14-24-20(22-3)23-9-5-10-25-13-17-6-4-11-26-17;/h4,6-8,11-12H,5,9-10,13-15H2,1-3H3,(H2,22,23,24);1H. The normalized spacial score (nSPS) is 13.1. The van der Waals surface area contributed by atoms with Crippen molar-refractivity contribution in [2.24, 2.45) is 4.99 Å². The summed E-state index contributed by atoms with van der Waals surface area (Å²) in [7, 11) is 1.77. The number of rotatable bonds is 9. The third-order valence-electron chi connectivity index (χ3n) is 4.66. The number of hydrogen-bond donors (Lipinski definition) is 2. The van der Waals surface area contributed by atoms with Crippen LogP contribution in [0.4, 0.5) is 0 Å². The zero-order valence-electron chi connectivity index (χ0n) is 17.2. The Balaban J connectivity index is 0.00000300. The van der Waals surface area contributed by atoms with Crippen molar-refractivity contribution in [1.29, 1.82) is 0 Å². The predicted molar refractivity (Wildman–Crippen MR) is 123 cm³/mol. The summed E-state index contributed by atoms with van der Waals surface area (Å²) in [5.41, 5.74) is 1.09. The molecule has 1 aromatic heterocycles. The van der Waals surface area contributed by atoms with Crippen LogP contribution in [0, 0.1) is 0 Å². The summed E-state index contributed by atoms with van der Waals surface area (Å²) in [6.45, 7) is 7.35. The van der Waals surface area contributed by atoms with E-state index in [2.05, 4.69) is 41.6 Å². The lowest BCUT2D eigenvalue weighted by molar-refractivity contribution is 0.105. The lowest BCUT2D eigenvalue weighted by Gasteiger charge is -2.27. The van der Waals surface area contributed by atoms with Gasteiger partial charge in [0.15, 0.2) is 17.5 Å². The maximum atomic E-state index is 5.59. The Kier molecular flexibility index (Phi) is 9.09. The highest BCUT2D eigenvalue weighted by Crippen LogP contribution is 2.36. The molecule has 0 fully saturated rings. The first-order valence-corrected chi connectivity index (χ1v) is 9.53. The lowest BCUT2D eigenvalue weighted by atomic mass is 9.84. The fourth-order valence-electron chi connectivity index (χ4n) is 2.89. The molecule has 3 rings (SSSR count). The molecule has 1 aromatic carbocycles. The van der Waals surface area contributed by atoms with Crippen molar-refractivity contribution >= 4 is 29.9 Å². The Bertz CT molecular complexity index is 778. The topological polar surface area (TPSA) is 77.3 Å². The number of hydrogen-bond acceptors (Lipinski definition) is 5. The first-order valence-electron chi connectivity index (χ1n) is 9.53. The Morgan fingerprint density at radius 3 is 2.76 bits per heavy atom. The molecule has 2 heterocycles. The zero-order valence-corrected chi connectivity index (χ0v) is 19.5. The minimum absolute atomic E-state index is 0. The lowest BCUT2D eigenvalue weighted by Crippen LogP contribution is -2.43. The molecule has 0 spiro atoms. The van der Waals surface area contributed by atoms with Gasteiger partial charge in [-0.1, -0.05) is 19.9 Å². The van der Waals surface area contributed by atoms with Gasteiger partial charge in [0.25, 0.3) is 0 Å². The number of furan rings is 1. The molecular formula is C21H30IN3O4. The average Bonchev–Trinajstić information content (AvgIpc) is 3.37. The van der Waals surface area contributed by atoms with E-state index in [0.717, 1.165) is 42.7 Å². The van der Waals surface area contributed by atoms with Crippen LogP contribution in [-0.4, -0.2) is 39.5 Å². The van der Waals surface area contributed by atoms with Crippen molar-refractivity contribution in [1.82, 2.24) is 10.6 Å². The fourth-order valence-corrected chi connectivity index (χ4v) is 2.89. The van der Waals surface area contributed by atoms with E-state index in [-0.39, 0.29) is 29.4 Å². The van der Waals surface area contributed by atoms with Crippen LogP contribution in [0.5, 0.6) is 11.5 Å². The SMILES string of the molecule is CN=C(NCCCOCc1ccco1)NCC(C)(C)c1ccc2c(c1)OCO2.I. The fraction of sp³-hybridized carbons (Fsp3) is 0.476. The molecule has 160 valence electrons. The smallest absolute Gasteiger partial charge is 0.231 e. The van der Waals surface area contributed by atoms with E-state index in [9.17, 15) is 0 Å². The molecule has 0 radical (unpaired) electrons. The summed E-state index contributed by atoms with van der Waals surface area (Å²) in [5.74, 6) is 3.23. The van der Waals surface area contributed by atoms with Gasteiger partial charge in [-0.3, -0.25) is 4.99 Å². The van der Waals surface area contributed by atoms with E-state index in [1.807, 2.05) is 18.2 Å². The number of ether oxygens (including phenoxy) is 3. The highest BCUT2D eigenvalue weighted by atomic mass is 127. The van der Waals surface area contributed by atoms with Crippen LogP contribution in [0.1, 0.15) is 31.6 Å². The van der Waals surface area contributed by atoms with E-state index < -0.39 is 0 Å². The van der Waals surface area contributed by atoms with Crippen LogP contribution in [0.2, 0.25) is 0 Å². The van der Waals surface area contributed by atoms with Gasteiger partial charge in [-0.05, 0) is 36.2 Å². The van der Waals surface area contributed by atoms with E-state index in [4.69, 9.17) is 18.6 Å². The summed E-state index contributed by atoms with van der Waals surface area (Å²) in [6, 6.07) is 9.88. The quantitative estimate of drug-likeness (QED) is 0.230. The molecule has 0 unspecified atom stereocenters. The van der Waals surface area contributed by atoms with Gasteiger partial charge in [0, 0.05) is 32.2 Å². The van der Waals surface area contributed by atoms with Crippen LogP contribution in [-0.2, 0) is 16.8 Å². The molecule has 0 saturated heterocycles. The second-order valence-corrected chi connectivity index (χ2v) is 7.29. The molecule has 7 nitrogen and oxygen atoms in total. The highest BCUT2D eigenvalue weighted by Gasteiger charge is 2.24. The molecule has 0 saturated carbocycles. The van der Waals surface area contributed by atoms with Gasteiger partial charge in [-0.15, -0.1) is 24.0 Å². The molecule has 1 aliphatic heterocycles. The molecule has 0 amide bonds. The van der Waals surface area contributed by atoms with E-state index in [1.165, 1.54) is 5.56 Å². The molecule has 0 aliphatic carbocycles. The van der Waals surface area contributed by atoms with Gasteiger partial charge in [0.2, 0.25) is 6.79 Å². The highest BCUT2D eigenvalue weighted by molar-refractivity contribution is 14.0. The molecule has 0 atom stereocenters. The van der Waals surface area contributed by atoms with Gasteiger partial charge in [-0.25, -0.2) is 0 Å². The molecule has 8 heteroatoms. The molecule has 2 N–H and O–H groups in total. The van der Waals surface area contributed by atoms with E-state index in [0.29, 0.717) is 20.0 Å². The van der Waals surface area contributed by atoms with Crippen LogP contribution in [0.3, 0.4) is 0 Å². The summed E-state index contributed by atoms with van der Waals surface area (Å²) < 4.78 is 21.7. The predicted octanol–water partition coefficient (Wildman–Crippen LogP) is 3.68. The number of fused-ring (bicyclic) bond motifs is 1. The molecule has 29 heavy (non-hydrogen) atoms. The van der Waals surface area contributed by atoms with Gasteiger partial charge in [-0.2, -0.15) is 0 Å². The van der Waals surface area contributed by atoms with Crippen molar-refractivity contribution < 1.29 is 18.6 Å². The van der Waals surface area contributed by atoms with Crippen molar-refractivity contribution in [2.75, 3.05) is 33.5 Å². The van der Waals surface area contributed by atoms with Gasteiger partial charge in [0.1, 0.15) is 12.4 Å². The van der Waals surface area contributed by atoms with Gasteiger partial charge >= 0.3 is 0 Å². The molecular weight excluding hydrogens is 485 g/mol. The Morgan fingerprint density at radius 1 is 1.17 bits per heavy atom. The third kappa shape index (κ3) is 6.81. The van der Waals surface area contributed by atoms with Crippen molar-refractivity contribution in [3.05, 3.63) is 47.9 Å². The zero-order chi connectivity index (χ0) is 19.8. The van der Waals surface area contributed by atoms with Crippen LogP contribution < -0.4 is 20.1 Å². The first kappa shape index (κ1) is 23.3. The van der Waals surface area contributed by atoms with Crippen molar-refractivity contribution in [3.8, 4) is 11.5 Å². The van der Waals surface area contributed by atoms with Gasteiger partial charge < -0.3 is 29.3 Å². The van der Waals surface area contributed by atoms with Crippen LogP contribution in [0.25, 0.3) is 0 Å². The van der Waals surface area contributed by atoms with Crippen molar-refractivity contribution in [2.45, 2.75) is 32.3 Å². The largest absolute Gasteiger partial charge is 0.467 e. The Labute approximate surface area is 189 Å². The van der Waals surface area contributed by atoms with Gasteiger partial charge in [0.05, 0.1) is 6.26 Å². The molecule has 1 aliphatic rings. The number of halogens is 1. The first-order chi connectivity index (χ1) is 13.6. The van der Waals surface area contributed by atoms with Crippen LogP contribution in [0.15, 0.2) is 46.0 Å². The third-order valence-corrected chi connectivity index (χ3v) is 4.66. The Morgan fingerprint density at radius 2 is 2.00 bits per heavy atom. The molecule has 0 bridgehead atoms. The number of nitrogens with zero attached hydrogens (tertiary/aromatic N) is 1. The second kappa shape index (κ2) is 11.3. The number of aliphatic imine (C=N–C) groups is 1. The average molecular weight is 515 g/mol. The minimum Gasteiger partial charge on any atom is -0.467 e. The summed E-state index contributed by atoms with van der Waals surface area (Å²) in [5, 5.41) is 6.72. The van der Waals surface area contributed by atoms with E-state index >= 15 is 0 Å². The number of nitrogens with one attached hydrogen (secondary N) is 2. The number of guanidine groups is 1. The summed E-state index contributed by atoms with van der Waals surface area (Å²) in [6.07, 6.45) is 2.54. The monoisotopic (exact) mass is 515 g/mol. The Hall–Kier alpha value is -1.94. The van der Waals surface area contributed by atoms with Crippen molar-refractivity contribution in [3.63, 3.8) is 0 Å². The van der Waals surface area contributed by atoms with Crippen LogP contribution >= 0.6 is 24.0 Å². The summed E-state index contributed by atoms with van der Waals surface area (Å²) in [4.78, 5) is 4.29. The second-order valence-electron chi connectivity index (χ2n) is 7.29. The minimum atomic E-state index is -0.0925. The summed E-state index contributed by atoms with van der Waals surface area (Å²) >= 11 is 0. The maximum absolute atomic E-state index is 5.59. The number of benzene rings is 1. The van der Waals surface area contributed by atoms with E-state index in [1.54, 1.807) is 13.3 Å².